The van der Waals surface area contributed by atoms with Gasteiger partial charge in [0.15, 0.2) is 0 Å². The van der Waals surface area contributed by atoms with E-state index in [-0.39, 0.29) is 42.7 Å². The van der Waals surface area contributed by atoms with E-state index in [1.807, 2.05) is 62.4 Å². The third-order valence-electron chi connectivity index (χ3n) is 6.75. The molecule has 2 amide bonds. The number of ether oxygens (including phenoxy) is 1. The van der Waals surface area contributed by atoms with Gasteiger partial charge in [0.2, 0.25) is 0 Å². The number of amides is 2. The van der Waals surface area contributed by atoms with Crippen LogP contribution in [0.15, 0.2) is 59.4 Å². The number of halogens is 1. The van der Waals surface area contributed by atoms with Gasteiger partial charge in [0.05, 0.1) is 17.1 Å². The Labute approximate surface area is 228 Å². The summed E-state index contributed by atoms with van der Waals surface area (Å²) >= 11 is 0. The number of hydrogen-bond donors (Lipinski definition) is 3. The molecule has 0 saturated carbocycles. The van der Waals surface area contributed by atoms with Gasteiger partial charge in [-0.05, 0) is 70.0 Å². The molecule has 38 heavy (non-hydrogen) atoms. The summed E-state index contributed by atoms with van der Waals surface area (Å²) in [4.78, 5) is 39.5. The number of likely N-dealkylation sites (tertiary alicyclic amines) is 1. The molecule has 1 aliphatic heterocycles. The number of nitrogens with one attached hydrogen (secondary N) is 2. The second kappa shape index (κ2) is 13.3. The number of rotatable bonds is 9. The molecule has 1 atom stereocenters. The summed E-state index contributed by atoms with van der Waals surface area (Å²) in [6.45, 7) is 6.69. The average molecular weight is 546 g/mol. The highest BCUT2D eigenvalue weighted by atomic mass is 35.5. The minimum Gasteiger partial charge on any atom is -0.491 e. The Morgan fingerprint density at radius 2 is 1.66 bits per heavy atom. The monoisotopic (exact) mass is 545 g/mol. The van der Waals surface area contributed by atoms with Crippen LogP contribution in [0.5, 0.6) is 5.75 Å². The molecule has 1 saturated heterocycles. The number of para-hydroxylation sites is 3. The Bertz CT molecular complexity index is 1270. The molecule has 4 rings (SSSR count). The van der Waals surface area contributed by atoms with E-state index in [4.69, 9.17) is 4.74 Å². The van der Waals surface area contributed by atoms with Crippen LogP contribution in [0.2, 0.25) is 0 Å². The number of hydrogen-bond acceptors (Lipinski definition) is 5. The lowest BCUT2D eigenvalue weighted by Crippen LogP contribution is -2.49. The Kier molecular flexibility index (Phi) is 10.2. The quantitative estimate of drug-likeness (QED) is 0.376. The largest absolute Gasteiger partial charge is 0.491 e. The maximum absolute atomic E-state index is 13.0. The van der Waals surface area contributed by atoms with Gasteiger partial charge in [0, 0.05) is 19.1 Å². The molecule has 1 aromatic heterocycles. The van der Waals surface area contributed by atoms with Crippen LogP contribution < -0.4 is 21.1 Å². The van der Waals surface area contributed by atoms with Gasteiger partial charge < -0.3 is 25.4 Å². The number of carboxylic acid groups (broad SMARTS) is 1. The van der Waals surface area contributed by atoms with Crippen LogP contribution in [0.4, 0.5) is 9.59 Å². The number of benzene rings is 2. The van der Waals surface area contributed by atoms with E-state index < -0.39 is 12.1 Å². The highest BCUT2D eigenvalue weighted by molar-refractivity contribution is 5.89. The van der Waals surface area contributed by atoms with Crippen molar-refractivity contribution in [1.29, 1.82) is 0 Å². The van der Waals surface area contributed by atoms with Crippen LogP contribution in [0.3, 0.4) is 0 Å². The predicted octanol–water partition coefficient (Wildman–Crippen LogP) is 3.79. The van der Waals surface area contributed by atoms with Gasteiger partial charge in [0.25, 0.3) is 0 Å². The van der Waals surface area contributed by atoms with E-state index in [0.717, 1.165) is 31.4 Å². The standard InChI is InChI=1S/C27H35N5O5.ClH/c1-19(2)31-23-10-6-7-11-24(23)32(27(31)36)25(33)28-16-20-12-14-30(15-13-20)17-21(29-26(34)35)18-37-22-8-4-3-5-9-22;/h3-11,19-21,29H,12-18H2,1-2H3,(H,28,33)(H,34,35);1H. The van der Waals surface area contributed by atoms with Crippen molar-refractivity contribution in [3.05, 3.63) is 65.1 Å². The molecule has 1 fully saturated rings. The Balaban J connectivity index is 0.00000400. The number of imidazole rings is 1. The van der Waals surface area contributed by atoms with E-state index in [0.29, 0.717) is 24.4 Å². The van der Waals surface area contributed by atoms with Gasteiger partial charge in [-0.1, -0.05) is 30.3 Å². The number of fused-ring (bicyclic) bond motifs is 1. The number of nitrogens with zero attached hydrogens (tertiary/aromatic N) is 3. The summed E-state index contributed by atoms with van der Waals surface area (Å²) in [5, 5.41) is 14.7. The molecule has 10 nitrogen and oxygen atoms in total. The van der Waals surface area contributed by atoms with Crippen molar-refractivity contribution in [3.63, 3.8) is 0 Å². The zero-order valence-electron chi connectivity index (χ0n) is 21.7. The first-order chi connectivity index (χ1) is 17.8. The molecule has 3 N–H and O–H groups in total. The predicted molar refractivity (Wildman–Crippen MR) is 149 cm³/mol. The molecule has 1 unspecified atom stereocenters. The van der Waals surface area contributed by atoms with Gasteiger partial charge in [-0.15, -0.1) is 12.4 Å². The molecule has 0 aliphatic carbocycles. The van der Waals surface area contributed by atoms with Gasteiger partial charge in [0.1, 0.15) is 12.4 Å². The second-order valence-corrected chi connectivity index (χ2v) is 9.77. The third kappa shape index (κ3) is 7.08. The van der Waals surface area contributed by atoms with Crippen molar-refractivity contribution < 1.29 is 19.4 Å². The molecule has 2 aromatic carbocycles. The lowest BCUT2D eigenvalue weighted by atomic mass is 9.96. The van der Waals surface area contributed by atoms with Gasteiger partial charge in [-0.3, -0.25) is 4.57 Å². The summed E-state index contributed by atoms with van der Waals surface area (Å²) in [7, 11) is 0. The maximum Gasteiger partial charge on any atom is 0.405 e. The summed E-state index contributed by atoms with van der Waals surface area (Å²) in [5.41, 5.74) is 1.01. The van der Waals surface area contributed by atoms with Crippen molar-refractivity contribution in [1.82, 2.24) is 24.7 Å². The first-order valence-corrected chi connectivity index (χ1v) is 12.7. The molecule has 0 radical (unpaired) electrons. The van der Waals surface area contributed by atoms with E-state index >= 15 is 0 Å². The van der Waals surface area contributed by atoms with Crippen LogP contribution in [0.1, 0.15) is 32.7 Å². The number of aromatic nitrogens is 2. The molecule has 11 heteroatoms. The smallest absolute Gasteiger partial charge is 0.405 e. The van der Waals surface area contributed by atoms with Crippen LogP contribution >= 0.6 is 12.4 Å². The molecule has 0 bridgehead atoms. The van der Waals surface area contributed by atoms with Crippen molar-refractivity contribution in [2.75, 3.05) is 32.8 Å². The van der Waals surface area contributed by atoms with E-state index in [1.165, 1.54) is 4.57 Å². The Hall–Kier alpha value is -3.50. The Morgan fingerprint density at radius 3 is 2.29 bits per heavy atom. The second-order valence-electron chi connectivity index (χ2n) is 9.77. The summed E-state index contributed by atoms with van der Waals surface area (Å²) in [6.07, 6.45) is 0.651. The zero-order chi connectivity index (χ0) is 26.4. The van der Waals surface area contributed by atoms with Crippen molar-refractivity contribution in [3.8, 4) is 5.75 Å². The van der Waals surface area contributed by atoms with Gasteiger partial charge in [-0.25, -0.2) is 19.0 Å². The number of carbonyl (C=O) groups is 2. The van der Waals surface area contributed by atoms with Crippen LogP contribution in [-0.2, 0) is 0 Å². The van der Waals surface area contributed by atoms with Crippen LogP contribution in [0.25, 0.3) is 11.0 Å². The topological polar surface area (TPSA) is 118 Å². The number of piperidine rings is 1. The van der Waals surface area contributed by atoms with Gasteiger partial charge >= 0.3 is 17.8 Å². The summed E-state index contributed by atoms with van der Waals surface area (Å²) in [5.74, 6) is 0.977. The molecular weight excluding hydrogens is 510 g/mol. The summed E-state index contributed by atoms with van der Waals surface area (Å²) < 4.78 is 8.62. The van der Waals surface area contributed by atoms with E-state index in [2.05, 4.69) is 15.5 Å². The van der Waals surface area contributed by atoms with Crippen molar-refractivity contribution >= 4 is 35.6 Å². The lowest BCUT2D eigenvalue weighted by Gasteiger charge is -2.34. The SMILES string of the molecule is CC(C)n1c(=O)n(C(=O)NCC2CCN(CC(COc3ccccc3)NC(=O)O)CC2)c2ccccc21.Cl. The highest BCUT2D eigenvalue weighted by Crippen LogP contribution is 2.19. The first-order valence-electron chi connectivity index (χ1n) is 12.7. The number of carbonyl (C=O) groups excluding carboxylic acids is 1. The zero-order valence-corrected chi connectivity index (χ0v) is 22.5. The normalized spacial score (nSPS) is 15.1. The maximum atomic E-state index is 13.0. The molecule has 0 spiro atoms. The minimum absolute atomic E-state index is 0. The fraction of sp³-hybridized carbons (Fsp3) is 0.444. The molecule has 2 heterocycles. The van der Waals surface area contributed by atoms with Crippen LogP contribution in [-0.4, -0.2) is 70.1 Å². The molecule has 3 aromatic rings. The first kappa shape index (κ1) is 29.1. The van der Waals surface area contributed by atoms with Gasteiger partial charge in [-0.2, -0.15) is 0 Å². The minimum atomic E-state index is -1.08. The average Bonchev–Trinajstić information content (AvgIpc) is 3.19. The van der Waals surface area contributed by atoms with Crippen molar-refractivity contribution in [2.24, 2.45) is 5.92 Å². The Morgan fingerprint density at radius 1 is 1.03 bits per heavy atom. The van der Waals surface area contributed by atoms with Crippen molar-refractivity contribution in [2.45, 2.75) is 38.8 Å². The van der Waals surface area contributed by atoms with E-state index in [9.17, 15) is 19.5 Å². The van der Waals surface area contributed by atoms with Crippen LogP contribution in [0, 0.1) is 5.92 Å². The fourth-order valence-electron chi connectivity index (χ4n) is 4.89. The highest BCUT2D eigenvalue weighted by Gasteiger charge is 2.25. The molecule has 206 valence electrons. The van der Waals surface area contributed by atoms with E-state index in [1.54, 1.807) is 10.6 Å². The lowest BCUT2D eigenvalue weighted by molar-refractivity contribution is 0.138. The molecular formula is C27H36ClN5O5. The molecule has 1 aliphatic rings. The summed E-state index contributed by atoms with van der Waals surface area (Å²) in [6, 6.07) is 15.8. The third-order valence-corrected chi connectivity index (χ3v) is 6.75. The fourth-order valence-corrected chi connectivity index (χ4v) is 4.89.